The molecule has 1 fully saturated rings. The van der Waals surface area contributed by atoms with E-state index >= 15 is 0 Å². The highest BCUT2D eigenvalue weighted by atomic mass is 32.1. The lowest BCUT2D eigenvalue weighted by atomic mass is 10.1. The number of piperidine rings is 1. The Kier molecular flexibility index (Phi) is 3.87. The maximum Gasteiger partial charge on any atom is 0.0330 e. The lowest BCUT2D eigenvalue weighted by Crippen LogP contribution is -2.45. The van der Waals surface area contributed by atoms with Crippen LogP contribution in [-0.2, 0) is 0 Å². The van der Waals surface area contributed by atoms with Crippen molar-refractivity contribution in [1.29, 1.82) is 0 Å². The van der Waals surface area contributed by atoms with Crippen LogP contribution in [0.2, 0.25) is 0 Å². The first-order valence-electron chi connectivity index (χ1n) is 4.77. The summed E-state index contributed by atoms with van der Waals surface area (Å²) in [4.78, 5) is 2.39. The van der Waals surface area contributed by atoms with Gasteiger partial charge in [-0.3, -0.25) is 0 Å². The van der Waals surface area contributed by atoms with E-state index in [0.717, 1.165) is 0 Å². The average Bonchev–Trinajstić information content (AvgIpc) is 2.03. The number of hydrogen-bond acceptors (Lipinski definition) is 3. The van der Waals surface area contributed by atoms with Gasteiger partial charge in [0.2, 0.25) is 0 Å². The number of hydrogen-bond donors (Lipinski definition) is 1. The molecule has 0 radical (unpaired) electrons. The Morgan fingerprint density at radius 3 is 2.67 bits per heavy atom. The molecule has 1 rings (SSSR count). The summed E-state index contributed by atoms with van der Waals surface area (Å²) in [5.41, 5.74) is 0. The number of thiol groups is 1. The lowest BCUT2D eigenvalue weighted by Gasteiger charge is -2.36. The zero-order valence-electron chi connectivity index (χ0n) is 8.32. The standard InChI is InChI=1S/C9H20N2S/c1-8(2)11(12)9-5-4-6-10(3)7-9/h8-9,12H,4-7H2,1-3H3. The summed E-state index contributed by atoms with van der Waals surface area (Å²) in [6.45, 7) is 6.81. The highest BCUT2D eigenvalue weighted by Gasteiger charge is 2.22. The fraction of sp³-hybridized carbons (Fsp3) is 1.00. The van der Waals surface area contributed by atoms with Crippen LogP contribution in [0.4, 0.5) is 0 Å². The van der Waals surface area contributed by atoms with Gasteiger partial charge in [-0.05, 0) is 40.3 Å². The van der Waals surface area contributed by atoms with E-state index < -0.39 is 0 Å². The van der Waals surface area contributed by atoms with Crippen molar-refractivity contribution in [3.8, 4) is 0 Å². The molecule has 0 spiro atoms. The van der Waals surface area contributed by atoms with E-state index in [9.17, 15) is 0 Å². The molecule has 1 saturated heterocycles. The average molecular weight is 188 g/mol. The van der Waals surface area contributed by atoms with E-state index in [1.807, 2.05) is 0 Å². The van der Waals surface area contributed by atoms with E-state index in [4.69, 9.17) is 0 Å². The lowest BCUT2D eigenvalue weighted by molar-refractivity contribution is 0.166. The summed E-state index contributed by atoms with van der Waals surface area (Å²) >= 11 is 4.52. The summed E-state index contributed by atoms with van der Waals surface area (Å²) in [5.74, 6) is 0. The number of likely N-dealkylation sites (tertiary alicyclic amines) is 1. The summed E-state index contributed by atoms with van der Waals surface area (Å²) in [6, 6.07) is 1.19. The molecule has 72 valence electrons. The zero-order chi connectivity index (χ0) is 9.14. The highest BCUT2D eigenvalue weighted by molar-refractivity contribution is 7.77. The van der Waals surface area contributed by atoms with E-state index in [1.165, 1.54) is 25.9 Å². The fourth-order valence-electron chi connectivity index (χ4n) is 1.78. The summed E-state index contributed by atoms with van der Waals surface area (Å²) < 4.78 is 2.19. The van der Waals surface area contributed by atoms with Gasteiger partial charge in [-0.1, -0.05) is 12.8 Å². The maximum absolute atomic E-state index is 4.52. The highest BCUT2D eigenvalue weighted by Crippen LogP contribution is 2.18. The number of nitrogens with zero attached hydrogens (tertiary/aromatic N) is 2. The Bertz CT molecular complexity index is 138. The summed E-state index contributed by atoms with van der Waals surface area (Å²) in [7, 11) is 2.19. The molecule has 1 heterocycles. The van der Waals surface area contributed by atoms with E-state index in [2.05, 4.69) is 42.9 Å². The molecule has 0 bridgehead atoms. The molecule has 3 heteroatoms. The SMILES string of the molecule is CC(C)N(S)C1CCCN(C)C1. The van der Waals surface area contributed by atoms with Gasteiger partial charge < -0.3 is 4.90 Å². The first kappa shape index (κ1) is 10.4. The van der Waals surface area contributed by atoms with Crippen molar-refractivity contribution >= 4 is 12.8 Å². The molecule has 0 amide bonds. The third-order valence-electron chi connectivity index (χ3n) is 2.50. The molecule has 2 nitrogen and oxygen atoms in total. The molecule has 12 heavy (non-hydrogen) atoms. The monoisotopic (exact) mass is 188 g/mol. The van der Waals surface area contributed by atoms with Crippen molar-refractivity contribution in [2.75, 3.05) is 20.1 Å². The van der Waals surface area contributed by atoms with Crippen LogP contribution in [0, 0.1) is 0 Å². The third-order valence-corrected chi connectivity index (χ3v) is 3.29. The number of likely N-dealkylation sites (N-methyl/N-ethyl adjacent to an activating group) is 1. The molecule has 0 aromatic heterocycles. The van der Waals surface area contributed by atoms with Crippen LogP contribution in [0.1, 0.15) is 26.7 Å². The van der Waals surface area contributed by atoms with Crippen LogP contribution < -0.4 is 0 Å². The van der Waals surface area contributed by atoms with Crippen molar-refractivity contribution in [3.63, 3.8) is 0 Å². The van der Waals surface area contributed by atoms with Crippen molar-refractivity contribution in [3.05, 3.63) is 0 Å². The zero-order valence-corrected chi connectivity index (χ0v) is 9.22. The summed E-state index contributed by atoms with van der Waals surface area (Å²) in [5, 5.41) is 0. The molecule has 0 saturated carbocycles. The second-order valence-corrected chi connectivity index (χ2v) is 4.49. The fourth-order valence-corrected chi connectivity index (χ4v) is 1.97. The van der Waals surface area contributed by atoms with Gasteiger partial charge in [0, 0.05) is 18.6 Å². The smallest absolute Gasteiger partial charge is 0.0330 e. The Balaban J connectivity index is 2.40. The predicted octanol–water partition coefficient (Wildman–Crippen LogP) is 1.64. The predicted molar refractivity (Wildman–Crippen MR) is 56.5 cm³/mol. The van der Waals surface area contributed by atoms with Gasteiger partial charge in [0.05, 0.1) is 0 Å². The molecule has 1 unspecified atom stereocenters. The molecule has 1 aliphatic heterocycles. The van der Waals surface area contributed by atoms with Gasteiger partial charge >= 0.3 is 0 Å². The first-order chi connectivity index (χ1) is 5.61. The van der Waals surface area contributed by atoms with Gasteiger partial charge in [-0.25, -0.2) is 4.31 Å². The maximum atomic E-state index is 4.52. The molecule has 0 aromatic rings. The van der Waals surface area contributed by atoms with Crippen molar-refractivity contribution in [2.45, 2.75) is 38.8 Å². The molecule has 0 N–H and O–H groups in total. The van der Waals surface area contributed by atoms with Crippen molar-refractivity contribution in [1.82, 2.24) is 9.21 Å². The normalized spacial score (nSPS) is 27.0. The topological polar surface area (TPSA) is 6.48 Å². The summed E-state index contributed by atoms with van der Waals surface area (Å²) in [6.07, 6.45) is 2.61. The van der Waals surface area contributed by atoms with Gasteiger partial charge in [-0.15, -0.1) is 0 Å². The Hall–Kier alpha value is 0.270. The quantitative estimate of drug-likeness (QED) is 0.658. The van der Waals surface area contributed by atoms with Crippen LogP contribution >= 0.6 is 12.8 Å². The Morgan fingerprint density at radius 1 is 1.50 bits per heavy atom. The second-order valence-electron chi connectivity index (χ2n) is 4.03. The van der Waals surface area contributed by atoms with E-state index in [1.54, 1.807) is 0 Å². The molecular formula is C9H20N2S. The van der Waals surface area contributed by atoms with Crippen LogP contribution in [0.25, 0.3) is 0 Å². The first-order valence-corrected chi connectivity index (χ1v) is 5.17. The molecule has 0 aromatic carbocycles. The van der Waals surface area contributed by atoms with Crippen molar-refractivity contribution in [2.24, 2.45) is 0 Å². The van der Waals surface area contributed by atoms with Gasteiger partial charge in [0.15, 0.2) is 0 Å². The van der Waals surface area contributed by atoms with Crippen LogP contribution in [0.15, 0.2) is 0 Å². The minimum Gasteiger partial charge on any atom is -0.305 e. The minimum absolute atomic E-state index is 0.546. The molecular weight excluding hydrogens is 168 g/mol. The van der Waals surface area contributed by atoms with E-state index in [0.29, 0.717) is 12.1 Å². The molecule has 0 aliphatic carbocycles. The van der Waals surface area contributed by atoms with Gasteiger partial charge in [-0.2, -0.15) is 0 Å². The third kappa shape index (κ3) is 2.64. The van der Waals surface area contributed by atoms with E-state index in [-0.39, 0.29) is 0 Å². The number of rotatable bonds is 2. The molecule has 1 atom stereocenters. The molecule has 1 aliphatic rings. The van der Waals surface area contributed by atoms with Crippen LogP contribution in [-0.4, -0.2) is 41.4 Å². The van der Waals surface area contributed by atoms with Gasteiger partial charge in [0.25, 0.3) is 0 Å². The second kappa shape index (κ2) is 4.49. The largest absolute Gasteiger partial charge is 0.305 e. The Labute approximate surface area is 81.5 Å². The van der Waals surface area contributed by atoms with Crippen molar-refractivity contribution < 1.29 is 0 Å². The van der Waals surface area contributed by atoms with Gasteiger partial charge in [0.1, 0.15) is 0 Å². The minimum atomic E-state index is 0.546. The van der Waals surface area contributed by atoms with Crippen LogP contribution in [0.5, 0.6) is 0 Å². The van der Waals surface area contributed by atoms with Crippen LogP contribution in [0.3, 0.4) is 0 Å². The Morgan fingerprint density at radius 2 is 2.17 bits per heavy atom.